The lowest BCUT2D eigenvalue weighted by Gasteiger charge is -2.07. The van der Waals surface area contributed by atoms with Gasteiger partial charge in [0.05, 0.1) is 29.4 Å². The maximum Gasteiger partial charge on any atom is 0.417 e. The molecule has 92 valence electrons. The van der Waals surface area contributed by atoms with Gasteiger partial charge in [-0.2, -0.15) is 0 Å². The van der Waals surface area contributed by atoms with E-state index >= 15 is 0 Å². The number of nitrogens with one attached hydrogen (secondary N) is 2. The zero-order valence-electron chi connectivity index (χ0n) is 9.40. The third-order valence-electron chi connectivity index (χ3n) is 2.65. The van der Waals surface area contributed by atoms with E-state index in [9.17, 15) is 4.79 Å². The normalized spacial score (nSPS) is 10.9. The van der Waals surface area contributed by atoms with Gasteiger partial charge in [-0.1, -0.05) is 0 Å². The average molecular weight is 245 g/mol. The summed E-state index contributed by atoms with van der Waals surface area (Å²) in [5.74, 6) is -0.489. The van der Waals surface area contributed by atoms with Crippen molar-refractivity contribution in [2.75, 3.05) is 11.1 Å². The molecule has 0 aliphatic heterocycles. The standard InChI is InChI=1S/C12H11N3O3/c13-8-3-11-10(15-12(16)18-11)4-9(8)14-5-7-1-2-17-6-7/h1-4,6,14H,5,13H2,(H,15,16). The van der Waals surface area contributed by atoms with Crippen LogP contribution in [0.1, 0.15) is 5.56 Å². The summed E-state index contributed by atoms with van der Waals surface area (Å²) in [6.45, 7) is 0.592. The zero-order chi connectivity index (χ0) is 12.5. The van der Waals surface area contributed by atoms with Crippen LogP contribution in [0.15, 0.2) is 44.4 Å². The Morgan fingerprint density at radius 1 is 1.39 bits per heavy atom. The van der Waals surface area contributed by atoms with Crippen LogP contribution in [-0.2, 0) is 6.54 Å². The van der Waals surface area contributed by atoms with E-state index in [1.54, 1.807) is 24.7 Å². The summed E-state index contributed by atoms with van der Waals surface area (Å²) in [4.78, 5) is 13.6. The highest BCUT2D eigenvalue weighted by Gasteiger charge is 2.06. The third kappa shape index (κ3) is 1.84. The van der Waals surface area contributed by atoms with Gasteiger partial charge in [-0.05, 0) is 12.1 Å². The van der Waals surface area contributed by atoms with Crippen molar-refractivity contribution in [1.29, 1.82) is 0 Å². The Balaban J connectivity index is 1.91. The SMILES string of the molecule is Nc1cc2oc(=O)[nH]c2cc1NCc1ccoc1. The highest BCUT2D eigenvalue weighted by molar-refractivity contribution is 5.85. The minimum Gasteiger partial charge on any atom is -0.472 e. The summed E-state index contributed by atoms with van der Waals surface area (Å²) < 4.78 is 9.89. The van der Waals surface area contributed by atoms with Gasteiger partial charge in [-0.25, -0.2) is 4.79 Å². The van der Waals surface area contributed by atoms with Crippen LogP contribution in [0.4, 0.5) is 11.4 Å². The number of anilines is 2. The van der Waals surface area contributed by atoms with Crippen molar-refractivity contribution >= 4 is 22.5 Å². The average Bonchev–Trinajstić information content (AvgIpc) is 2.94. The Labute approximate surface area is 101 Å². The van der Waals surface area contributed by atoms with Crippen molar-refractivity contribution in [3.63, 3.8) is 0 Å². The van der Waals surface area contributed by atoms with Gasteiger partial charge in [0.2, 0.25) is 0 Å². The molecule has 0 saturated heterocycles. The Morgan fingerprint density at radius 2 is 2.28 bits per heavy atom. The second-order valence-corrected chi connectivity index (χ2v) is 3.94. The monoisotopic (exact) mass is 245 g/mol. The van der Waals surface area contributed by atoms with Gasteiger partial charge in [0, 0.05) is 18.2 Å². The predicted molar refractivity (Wildman–Crippen MR) is 67.3 cm³/mol. The number of furan rings is 1. The smallest absolute Gasteiger partial charge is 0.417 e. The van der Waals surface area contributed by atoms with E-state index in [0.29, 0.717) is 23.3 Å². The molecule has 1 aromatic carbocycles. The maximum absolute atomic E-state index is 11.1. The van der Waals surface area contributed by atoms with Crippen LogP contribution in [0.25, 0.3) is 11.1 Å². The molecule has 2 heterocycles. The molecule has 6 nitrogen and oxygen atoms in total. The molecule has 2 aromatic heterocycles. The van der Waals surface area contributed by atoms with Crippen molar-refractivity contribution in [2.24, 2.45) is 0 Å². The summed E-state index contributed by atoms with van der Waals surface area (Å²) in [6.07, 6.45) is 3.26. The van der Waals surface area contributed by atoms with E-state index < -0.39 is 5.76 Å². The molecule has 0 fully saturated rings. The van der Waals surface area contributed by atoms with Crippen molar-refractivity contribution < 1.29 is 8.83 Å². The molecule has 3 rings (SSSR count). The van der Waals surface area contributed by atoms with E-state index in [-0.39, 0.29) is 0 Å². The van der Waals surface area contributed by atoms with Gasteiger partial charge in [0.1, 0.15) is 0 Å². The Hall–Kier alpha value is -2.63. The Morgan fingerprint density at radius 3 is 3.06 bits per heavy atom. The Kier molecular flexibility index (Phi) is 2.33. The van der Waals surface area contributed by atoms with Crippen LogP contribution < -0.4 is 16.8 Å². The van der Waals surface area contributed by atoms with Gasteiger partial charge in [0.15, 0.2) is 5.58 Å². The van der Waals surface area contributed by atoms with Gasteiger partial charge in [-0.3, -0.25) is 4.98 Å². The number of hydrogen-bond acceptors (Lipinski definition) is 5. The maximum atomic E-state index is 11.1. The van der Waals surface area contributed by atoms with Crippen LogP contribution in [0, 0.1) is 0 Å². The topological polar surface area (TPSA) is 97.2 Å². The van der Waals surface area contributed by atoms with E-state index in [4.69, 9.17) is 14.6 Å². The molecular weight excluding hydrogens is 234 g/mol. The molecule has 0 radical (unpaired) electrons. The number of aromatic amines is 1. The van der Waals surface area contributed by atoms with Crippen LogP contribution in [-0.4, -0.2) is 4.98 Å². The van der Waals surface area contributed by atoms with Gasteiger partial charge in [0.25, 0.3) is 0 Å². The zero-order valence-corrected chi connectivity index (χ0v) is 9.40. The fraction of sp³-hybridized carbons (Fsp3) is 0.0833. The predicted octanol–water partition coefficient (Wildman–Crippen LogP) is 1.91. The molecule has 0 amide bonds. The first-order valence-electron chi connectivity index (χ1n) is 5.39. The van der Waals surface area contributed by atoms with E-state index in [1.807, 2.05) is 6.07 Å². The highest BCUT2D eigenvalue weighted by Crippen LogP contribution is 2.24. The summed E-state index contributed by atoms with van der Waals surface area (Å²) in [6, 6.07) is 5.22. The minimum absolute atomic E-state index is 0.450. The van der Waals surface area contributed by atoms with Crippen LogP contribution >= 0.6 is 0 Å². The van der Waals surface area contributed by atoms with Crippen molar-refractivity contribution in [2.45, 2.75) is 6.54 Å². The lowest BCUT2D eigenvalue weighted by Crippen LogP contribution is -2.01. The van der Waals surface area contributed by atoms with Crippen LogP contribution in [0.5, 0.6) is 0 Å². The second kappa shape index (κ2) is 3.99. The summed E-state index contributed by atoms with van der Waals surface area (Å²) >= 11 is 0. The fourth-order valence-electron chi connectivity index (χ4n) is 1.76. The third-order valence-corrected chi connectivity index (χ3v) is 2.65. The van der Waals surface area contributed by atoms with Crippen LogP contribution in [0.3, 0.4) is 0 Å². The number of fused-ring (bicyclic) bond motifs is 1. The van der Waals surface area contributed by atoms with Crippen molar-refractivity contribution in [1.82, 2.24) is 4.98 Å². The molecule has 0 bridgehead atoms. The summed E-state index contributed by atoms with van der Waals surface area (Å²) in [5.41, 5.74) is 9.21. The first kappa shape index (κ1) is 10.5. The number of nitrogen functional groups attached to an aromatic ring is 1. The molecule has 4 N–H and O–H groups in total. The molecule has 0 saturated carbocycles. The lowest BCUT2D eigenvalue weighted by molar-refractivity contribution is 0.555. The molecule has 6 heteroatoms. The molecule has 0 aliphatic carbocycles. The molecule has 0 spiro atoms. The molecule has 18 heavy (non-hydrogen) atoms. The number of hydrogen-bond donors (Lipinski definition) is 3. The quantitative estimate of drug-likeness (QED) is 0.612. The number of rotatable bonds is 3. The number of oxazole rings is 1. The number of nitrogens with two attached hydrogens (primary N) is 1. The van der Waals surface area contributed by atoms with E-state index in [0.717, 1.165) is 11.3 Å². The summed E-state index contributed by atoms with van der Waals surface area (Å²) in [5, 5.41) is 3.17. The number of H-pyrrole nitrogens is 1. The van der Waals surface area contributed by atoms with Crippen molar-refractivity contribution in [3.05, 3.63) is 46.8 Å². The fourth-order valence-corrected chi connectivity index (χ4v) is 1.76. The van der Waals surface area contributed by atoms with E-state index in [1.165, 1.54) is 0 Å². The van der Waals surface area contributed by atoms with Crippen molar-refractivity contribution in [3.8, 4) is 0 Å². The molecule has 0 aliphatic rings. The first-order valence-corrected chi connectivity index (χ1v) is 5.39. The minimum atomic E-state index is -0.489. The molecule has 0 atom stereocenters. The Bertz CT molecular complexity index is 725. The number of benzene rings is 1. The number of aromatic nitrogens is 1. The second-order valence-electron chi connectivity index (χ2n) is 3.94. The van der Waals surface area contributed by atoms with Gasteiger partial charge in [-0.15, -0.1) is 0 Å². The lowest BCUT2D eigenvalue weighted by atomic mass is 10.2. The molecular formula is C12H11N3O3. The highest BCUT2D eigenvalue weighted by atomic mass is 16.4. The van der Waals surface area contributed by atoms with Gasteiger partial charge < -0.3 is 19.9 Å². The largest absolute Gasteiger partial charge is 0.472 e. The van der Waals surface area contributed by atoms with Crippen LogP contribution in [0.2, 0.25) is 0 Å². The summed E-state index contributed by atoms with van der Waals surface area (Å²) in [7, 11) is 0. The molecule has 0 unspecified atom stereocenters. The first-order chi connectivity index (χ1) is 8.72. The van der Waals surface area contributed by atoms with E-state index in [2.05, 4.69) is 10.3 Å². The van der Waals surface area contributed by atoms with Gasteiger partial charge >= 0.3 is 5.76 Å². The molecule has 3 aromatic rings.